The predicted molar refractivity (Wildman–Crippen MR) is 102 cm³/mol. The highest BCUT2D eigenvalue weighted by molar-refractivity contribution is 6.05. The lowest BCUT2D eigenvalue weighted by molar-refractivity contribution is -0.120. The van der Waals surface area contributed by atoms with Gasteiger partial charge < -0.3 is 10.6 Å². The van der Waals surface area contributed by atoms with Crippen molar-refractivity contribution in [3.63, 3.8) is 0 Å². The number of anilines is 2. The molecule has 0 spiro atoms. The lowest BCUT2D eigenvalue weighted by Gasteiger charge is -2.22. The van der Waals surface area contributed by atoms with Gasteiger partial charge in [0.15, 0.2) is 0 Å². The smallest absolute Gasteiger partial charge is 0.255 e. The molecule has 2 amide bonds. The molecule has 0 saturated heterocycles. The van der Waals surface area contributed by atoms with Gasteiger partial charge in [0.1, 0.15) is 0 Å². The van der Waals surface area contributed by atoms with Crippen molar-refractivity contribution in [1.29, 1.82) is 0 Å². The van der Waals surface area contributed by atoms with Gasteiger partial charge in [-0.25, -0.2) is 0 Å². The first-order valence-electron chi connectivity index (χ1n) is 8.37. The fourth-order valence-electron chi connectivity index (χ4n) is 2.69. The van der Waals surface area contributed by atoms with E-state index in [-0.39, 0.29) is 17.9 Å². The van der Waals surface area contributed by atoms with E-state index in [9.17, 15) is 9.59 Å². The number of hydrogen-bond acceptors (Lipinski definition) is 3. The molecule has 0 aliphatic rings. The molecule has 2 rings (SSSR count). The summed E-state index contributed by atoms with van der Waals surface area (Å²) in [4.78, 5) is 26.7. The molecule has 0 aliphatic carbocycles. The number of carbonyl (C=O) groups is 2. The summed E-state index contributed by atoms with van der Waals surface area (Å²) in [6.45, 7) is 3.86. The van der Waals surface area contributed by atoms with Crippen LogP contribution in [-0.2, 0) is 4.79 Å². The topological polar surface area (TPSA) is 61.4 Å². The van der Waals surface area contributed by atoms with Crippen molar-refractivity contribution in [3.05, 3.63) is 59.7 Å². The molecule has 2 N–H and O–H groups in total. The standard InChI is InChI=1S/C20H25N3O2/c1-5-18(23(3)4)20(25)22-17-13-9-12-16(14(17)2)21-19(24)15-10-7-6-8-11-15/h6-13,18H,5H2,1-4H3,(H,21,24)(H,22,25)/t18-/m1/s1. The Morgan fingerprint density at radius 2 is 1.56 bits per heavy atom. The van der Waals surface area contributed by atoms with Crippen LogP contribution in [0.4, 0.5) is 11.4 Å². The first kappa shape index (κ1) is 18.7. The third-order valence-electron chi connectivity index (χ3n) is 4.19. The molecular formula is C20H25N3O2. The minimum absolute atomic E-state index is 0.0536. The monoisotopic (exact) mass is 339 g/mol. The van der Waals surface area contributed by atoms with E-state index in [4.69, 9.17) is 0 Å². The molecule has 25 heavy (non-hydrogen) atoms. The number of rotatable bonds is 6. The largest absolute Gasteiger partial charge is 0.324 e. The number of amides is 2. The minimum Gasteiger partial charge on any atom is -0.324 e. The van der Waals surface area contributed by atoms with Crippen LogP contribution in [0, 0.1) is 6.92 Å². The minimum atomic E-state index is -0.193. The molecule has 132 valence electrons. The van der Waals surface area contributed by atoms with E-state index in [0.29, 0.717) is 16.9 Å². The van der Waals surface area contributed by atoms with Crippen LogP contribution in [0.5, 0.6) is 0 Å². The molecule has 2 aromatic carbocycles. The third-order valence-corrected chi connectivity index (χ3v) is 4.19. The molecule has 0 aliphatic heterocycles. The Bertz CT molecular complexity index is 742. The molecule has 5 heteroatoms. The fraction of sp³-hybridized carbons (Fsp3) is 0.300. The van der Waals surface area contributed by atoms with Crippen LogP contribution < -0.4 is 10.6 Å². The van der Waals surface area contributed by atoms with Crippen LogP contribution >= 0.6 is 0 Å². The molecule has 2 aromatic rings. The summed E-state index contributed by atoms with van der Waals surface area (Å²) in [6.07, 6.45) is 0.725. The van der Waals surface area contributed by atoms with Gasteiger partial charge in [-0.1, -0.05) is 31.2 Å². The lowest BCUT2D eigenvalue weighted by atomic mass is 10.1. The van der Waals surface area contributed by atoms with Gasteiger partial charge in [-0.2, -0.15) is 0 Å². The maximum atomic E-state index is 12.5. The van der Waals surface area contributed by atoms with Crippen molar-refractivity contribution in [3.8, 4) is 0 Å². The summed E-state index contributed by atoms with van der Waals surface area (Å²) < 4.78 is 0. The summed E-state index contributed by atoms with van der Waals surface area (Å²) in [5, 5.41) is 5.87. The van der Waals surface area contributed by atoms with E-state index < -0.39 is 0 Å². The highest BCUT2D eigenvalue weighted by Crippen LogP contribution is 2.24. The second kappa shape index (κ2) is 8.44. The summed E-state index contributed by atoms with van der Waals surface area (Å²) >= 11 is 0. The molecular weight excluding hydrogens is 314 g/mol. The highest BCUT2D eigenvalue weighted by Gasteiger charge is 2.19. The summed E-state index contributed by atoms with van der Waals surface area (Å²) in [6, 6.07) is 14.3. The van der Waals surface area contributed by atoms with Crippen molar-refractivity contribution in [2.24, 2.45) is 0 Å². The molecule has 1 atom stereocenters. The van der Waals surface area contributed by atoms with Crippen molar-refractivity contribution in [1.82, 2.24) is 4.90 Å². The van der Waals surface area contributed by atoms with Gasteiger partial charge in [-0.15, -0.1) is 0 Å². The van der Waals surface area contributed by atoms with Crippen molar-refractivity contribution in [2.45, 2.75) is 26.3 Å². The Morgan fingerprint density at radius 3 is 2.12 bits per heavy atom. The average molecular weight is 339 g/mol. The van der Waals surface area contributed by atoms with Gasteiger partial charge in [0.05, 0.1) is 6.04 Å². The number of nitrogens with zero attached hydrogens (tertiary/aromatic N) is 1. The third kappa shape index (κ3) is 4.67. The van der Waals surface area contributed by atoms with Crippen molar-refractivity contribution in [2.75, 3.05) is 24.7 Å². The van der Waals surface area contributed by atoms with Crippen molar-refractivity contribution < 1.29 is 9.59 Å². The molecule has 0 bridgehead atoms. The second-order valence-electron chi connectivity index (χ2n) is 6.18. The SMILES string of the molecule is CC[C@H](C(=O)Nc1cccc(NC(=O)c2ccccc2)c1C)N(C)C. The number of carbonyl (C=O) groups excluding carboxylic acids is 2. The number of benzene rings is 2. The van der Waals surface area contributed by atoms with Crippen LogP contribution in [0.2, 0.25) is 0 Å². The first-order valence-corrected chi connectivity index (χ1v) is 8.37. The van der Waals surface area contributed by atoms with Gasteiger partial charge in [0.2, 0.25) is 5.91 Å². The maximum absolute atomic E-state index is 12.5. The molecule has 0 fully saturated rings. The van der Waals surface area contributed by atoms with E-state index in [0.717, 1.165) is 12.0 Å². The van der Waals surface area contributed by atoms with Crippen LogP contribution in [-0.4, -0.2) is 36.9 Å². The molecule has 0 saturated carbocycles. The first-order chi connectivity index (χ1) is 11.9. The van der Waals surface area contributed by atoms with E-state index >= 15 is 0 Å². The quantitative estimate of drug-likeness (QED) is 0.846. The van der Waals surface area contributed by atoms with Crippen LogP contribution in [0.25, 0.3) is 0 Å². The Labute approximate surface area is 149 Å². The average Bonchev–Trinajstić information content (AvgIpc) is 2.59. The van der Waals surface area contributed by atoms with Gasteiger partial charge in [-0.05, 0) is 57.3 Å². The van der Waals surface area contributed by atoms with E-state index in [2.05, 4.69) is 10.6 Å². The van der Waals surface area contributed by atoms with Crippen LogP contribution in [0.1, 0.15) is 29.3 Å². The second-order valence-corrected chi connectivity index (χ2v) is 6.18. The molecule has 5 nitrogen and oxygen atoms in total. The molecule has 0 unspecified atom stereocenters. The number of nitrogens with one attached hydrogen (secondary N) is 2. The molecule has 0 radical (unpaired) electrons. The zero-order chi connectivity index (χ0) is 18.4. The van der Waals surface area contributed by atoms with Crippen LogP contribution in [0.15, 0.2) is 48.5 Å². The Balaban J connectivity index is 2.17. The Hall–Kier alpha value is -2.66. The lowest BCUT2D eigenvalue weighted by Crippen LogP contribution is -2.39. The summed E-state index contributed by atoms with van der Waals surface area (Å²) in [5.41, 5.74) is 2.81. The van der Waals surface area contributed by atoms with Gasteiger partial charge in [-0.3, -0.25) is 14.5 Å². The van der Waals surface area contributed by atoms with E-state index in [1.54, 1.807) is 12.1 Å². The van der Waals surface area contributed by atoms with Crippen molar-refractivity contribution >= 4 is 23.2 Å². The maximum Gasteiger partial charge on any atom is 0.255 e. The zero-order valence-electron chi connectivity index (χ0n) is 15.2. The summed E-state index contributed by atoms with van der Waals surface area (Å²) in [5.74, 6) is -0.228. The highest BCUT2D eigenvalue weighted by atomic mass is 16.2. The summed E-state index contributed by atoms with van der Waals surface area (Å²) in [7, 11) is 3.77. The zero-order valence-corrected chi connectivity index (χ0v) is 15.2. The van der Waals surface area contributed by atoms with Gasteiger partial charge in [0.25, 0.3) is 5.91 Å². The molecule has 0 aromatic heterocycles. The van der Waals surface area contributed by atoms with E-state index in [1.165, 1.54) is 0 Å². The Kier molecular flexibility index (Phi) is 6.31. The number of likely N-dealkylation sites (N-methyl/N-ethyl adjacent to an activating group) is 1. The predicted octanol–water partition coefficient (Wildman–Crippen LogP) is 3.53. The van der Waals surface area contributed by atoms with Gasteiger partial charge in [0, 0.05) is 16.9 Å². The van der Waals surface area contributed by atoms with Crippen LogP contribution in [0.3, 0.4) is 0 Å². The number of hydrogen-bond donors (Lipinski definition) is 2. The fourth-order valence-corrected chi connectivity index (χ4v) is 2.69. The van der Waals surface area contributed by atoms with E-state index in [1.807, 2.05) is 69.2 Å². The molecule has 0 heterocycles. The Morgan fingerprint density at radius 1 is 0.960 bits per heavy atom. The van der Waals surface area contributed by atoms with Gasteiger partial charge >= 0.3 is 0 Å². The normalized spacial score (nSPS) is 11.9.